The highest BCUT2D eigenvalue weighted by Crippen LogP contribution is 2.12. The van der Waals surface area contributed by atoms with Gasteiger partial charge in [-0.3, -0.25) is 4.98 Å². The van der Waals surface area contributed by atoms with Gasteiger partial charge >= 0.3 is 5.97 Å². The molecule has 2 aromatic rings. The van der Waals surface area contributed by atoms with Crippen LogP contribution in [0.2, 0.25) is 0 Å². The summed E-state index contributed by atoms with van der Waals surface area (Å²) in [6, 6.07) is 9.16. The minimum atomic E-state index is -0.923. The van der Waals surface area contributed by atoms with E-state index in [0.29, 0.717) is 12.0 Å². The van der Waals surface area contributed by atoms with Crippen molar-refractivity contribution in [3.63, 3.8) is 0 Å². The lowest BCUT2D eigenvalue weighted by atomic mass is 10.0. The second-order valence-corrected chi connectivity index (χ2v) is 4.31. The van der Waals surface area contributed by atoms with Crippen LogP contribution in [0, 0.1) is 0 Å². The molecule has 2 N–H and O–H groups in total. The van der Waals surface area contributed by atoms with Gasteiger partial charge in [-0.15, -0.1) is 0 Å². The van der Waals surface area contributed by atoms with Crippen molar-refractivity contribution in [3.8, 4) is 0 Å². The van der Waals surface area contributed by atoms with E-state index < -0.39 is 5.97 Å². The van der Waals surface area contributed by atoms with E-state index in [0.717, 1.165) is 23.1 Å². The van der Waals surface area contributed by atoms with Gasteiger partial charge in [-0.05, 0) is 35.6 Å². The minimum Gasteiger partial charge on any atom is -0.478 e. The molecule has 19 heavy (non-hydrogen) atoms. The van der Waals surface area contributed by atoms with Crippen LogP contribution in [0.1, 0.15) is 27.0 Å². The fraction of sp³-hybridized carbons (Fsp3) is 0.200. The zero-order valence-corrected chi connectivity index (χ0v) is 10.4. The first-order valence-electron chi connectivity index (χ1n) is 6.05. The van der Waals surface area contributed by atoms with Crippen molar-refractivity contribution in [2.75, 3.05) is 0 Å². The highest BCUT2D eigenvalue weighted by Gasteiger charge is 2.09. The van der Waals surface area contributed by atoms with Crippen molar-refractivity contribution in [2.45, 2.75) is 19.4 Å². The standard InChI is InChI=1S/C15H15NO3/c17-10-12-3-1-11(2-4-12)5-6-13-9-16-8-7-14(13)15(18)19/h1-4,7-9,17H,5-6,10H2,(H,18,19). The Kier molecular flexibility index (Phi) is 4.26. The average Bonchev–Trinajstić information content (AvgIpc) is 2.46. The van der Waals surface area contributed by atoms with E-state index in [1.54, 1.807) is 6.20 Å². The molecule has 0 spiro atoms. The molecule has 0 aliphatic heterocycles. The number of hydrogen-bond acceptors (Lipinski definition) is 3. The number of aliphatic hydroxyl groups is 1. The first kappa shape index (κ1) is 13.2. The van der Waals surface area contributed by atoms with Crippen LogP contribution in [0.5, 0.6) is 0 Å². The lowest BCUT2D eigenvalue weighted by Gasteiger charge is -2.06. The molecule has 0 unspecified atom stereocenters. The van der Waals surface area contributed by atoms with Gasteiger partial charge in [0, 0.05) is 12.4 Å². The zero-order chi connectivity index (χ0) is 13.7. The number of pyridine rings is 1. The molecule has 0 aliphatic carbocycles. The largest absolute Gasteiger partial charge is 0.478 e. The van der Waals surface area contributed by atoms with E-state index in [4.69, 9.17) is 10.2 Å². The van der Waals surface area contributed by atoms with Crippen molar-refractivity contribution in [3.05, 3.63) is 65.0 Å². The quantitative estimate of drug-likeness (QED) is 0.860. The summed E-state index contributed by atoms with van der Waals surface area (Å²) in [6.07, 6.45) is 4.47. The molecule has 0 saturated carbocycles. The molecule has 4 heteroatoms. The van der Waals surface area contributed by atoms with Crippen molar-refractivity contribution < 1.29 is 15.0 Å². The molecule has 1 aromatic carbocycles. The van der Waals surface area contributed by atoms with Crippen LogP contribution in [0.15, 0.2) is 42.7 Å². The molecule has 0 amide bonds. The predicted octanol–water partition coefficient (Wildman–Crippen LogP) is 2.06. The van der Waals surface area contributed by atoms with E-state index in [1.807, 2.05) is 24.3 Å². The number of aliphatic hydroxyl groups excluding tert-OH is 1. The highest BCUT2D eigenvalue weighted by atomic mass is 16.4. The van der Waals surface area contributed by atoms with Crippen molar-refractivity contribution >= 4 is 5.97 Å². The van der Waals surface area contributed by atoms with Crippen LogP contribution >= 0.6 is 0 Å². The van der Waals surface area contributed by atoms with Gasteiger partial charge in [0.1, 0.15) is 0 Å². The highest BCUT2D eigenvalue weighted by molar-refractivity contribution is 5.89. The molecule has 1 heterocycles. The van der Waals surface area contributed by atoms with Gasteiger partial charge < -0.3 is 10.2 Å². The molecule has 2 rings (SSSR count). The molecule has 0 fully saturated rings. The van der Waals surface area contributed by atoms with E-state index >= 15 is 0 Å². The topological polar surface area (TPSA) is 70.4 Å². The number of nitrogens with zero attached hydrogens (tertiary/aromatic N) is 1. The molecule has 0 atom stereocenters. The van der Waals surface area contributed by atoms with E-state index in [2.05, 4.69) is 4.98 Å². The van der Waals surface area contributed by atoms with Crippen molar-refractivity contribution in [2.24, 2.45) is 0 Å². The number of aryl methyl sites for hydroxylation is 2. The summed E-state index contributed by atoms with van der Waals surface area (Å²) < 4.78 is 0. The van der Waals surface area contributed by atoms with Crippen LogP contribution in [0.4, 0.5) is 0 Å². The molecule has 0 radical (unpaired) electrons. The monoisotopic (exact) mass is 257 g/mol. The van der Waals surface area contributed by atoms with Gasteiger partial charge in [0.05, 0.1) is 12.2 Å². The third-order valence-electron chi connectivity index (χ3n) is 3.02. The molecular weight excluding hydrogens is 242 g/mol. The van der Waals surface area contributed by atoms with Crippen LogP contribution in [0.25, 0.3) is 0 Å². The van der Waals surface area contributed by atoms with E-state index in [1.165, 1.54) is 12.3 Å². The Morgan fingerprint density at radius 1 is 1.05 bits per heavy atom. The number of carboxylic acids is 1. The fourth-order valence-electron chi connectivity index (χ4n) is 1.93. The Morgan fingerprint density at radius 3 is 2.37 bits per heavy atom. The number of aromatic nitrogens is 1. The number of benzene rings is 1. The SMILES string of the molecule is O=C(O)c1ccncc1CCc1ccc(CO)cc1. The molecule has 1 aromatic heterocycles. The Hall–Kier alpha value is -2.20. The van der Waals surface area contributed by atoms with Gasteiger partial charge in [-0.1, -0.05) is 24.3 Å². The Morgan fingerprint density at radius 2 is 1.74 bits per heavy atom. The Labute approximate surface area is 111 Å². The zero-order valence-electron chi connectivity index (χ0n) is 10.4. The molecule has 0 aliphatic rings. The third-order valence-corrected chi connectivity index (χ3v) is 3.02. The molecule has 0 saturated heterocycles. The van der Waals surface area contributed by atoms with Crippen molar-refractivity contribution in [1.82, 2.24) is 4.98 Å². The second kappa shape index (κ2) is 6.11. The van der Waals surface area contributed by atoms with Gasteiger partial charge in [-0.2, -0.15) is 0 Å². The smallest absolute Gasteiger partial charge is 0.336 e. The summed E-state index contributed by atoms with van der Waals surface area (Å²) >= 11 is 0. The first-order valence-corrected chi connectivity index (χ1v) is 6.05. The van der Waals surface area contributed by atoms with Gasteiger partial charge in [-0.25, -0.2) is 4.79 Å². The van der Waals surface area contributed by atoms with Crippen LogP contribution in [-0.4, -0.2) is 21.2 Å². The third kappa shape index (κ3) is 3.39. The number of aromatic carboxylic acids is 1. The number of hydrogen-bond donors (Lipinski definition) is 2. The van der Waals surface area contributed by atoms with E-state index in [9.17, 15) is 4.79 Å². The number of rotatable bonds is 5. The molecule has 0 bridgehead atoms. The molecule has 4 nitrogen and oxygen atoms in total. The second-order valence-electron chi connectivity index (χ2n) is 4.31. The summed E-state index contributed by atoms with van der Waals surface area (Å²) in [5, 5.41) is 18.0. The lowest BCUT2D eigenvalue weighted by Crippen LogP contribution is -2.04. The lowest BCUT2D eigenvalue weighted by molar-refractivity contribution is 0.0695. The average molecular weight is 257 g/mol. The summed E-state index contributed by atoms with van der Waals surface area (Å²) in [4.78, 5) is 15.0. The summed E-state index contributed by atoms with van der Waals surface area (Å²) in [5.74, 6) is -0.923. The summed E-state index contributed by atoms with van der Waals surface area (Å²) in [5.41, 5.74) is 3.02. The van der Waals surface area contributed by atoms with Gasteiger partial charge in [0.2, 0.25) is 0 Å². The first-order chi connectivity index (χ1) is 9.20. The van der Waals surface area contributed by atoms with Crippen LogP contribution in [0.3, 0.4) is 0 Å². The Balaban J connectivity index is 2.07. The maximum atomic E-state index is 11.1. The summed E-state index contributed by atoms with van der Waals surface area (Å²) in [7, 11) is 0. The Bertz CT molecular complexity index is 564. The molecule has 98 valence electrons. The fourth-order valence-corrected chi connectivity index (χ4v) is 1.93. The van der Waals surface area contributed by atoms with Crippen LogP contribution in [-0.2, 0) is 19.4 Å². The summed E-state index contributed by atoms with van der Waals surface area (Å²) in [6.45, 7) is 0.0338. The van der Waals surface area contributed by atoms with Crippen LogP contribution < -0.4 is 0 Å². The van der Waals surface area contributed by atoms with Gasteiger partial charge in [0.25, 0.3) is 0 Å². The van der Waals surface area contributed by atoms with Gasteiger partial charge in [0.15, 0.2) is 0 Å². The predicted molar refractivity (Wildman–Crippen MR) is 71.0 cm³/mol. The minimum absolute atomic E-state index is 0.0338. The normalized spacial score (nSPS) is 10.4. The number of carbonyl (C=O) groups is 1. The maximum absolute atomic E-state index is 11.1. The molecular formula is C15H15NO3. The number of carboxylic acid groups (broad SMARTS) is 1. The van der Waals surface area contributed by atoms with E-state index in [-0.39, 0.29) is 6.61 Å². The maximum Gasteiger partial charge on any atom is 0.336 e. The van der Waals surface area contributed by atoms with Crippen molar-refractivity contribution in [1.29, 1.82) is 0 Å².